The number of nitrogens with zero attached hydrogens (tertiary/aromatic N) is 2. The van der Waals surface area contributed by atoms with Crippen molar-refractivity contribution in [3.63, 3.8) is 0 Å². The average Bonchev–Trinajstić information content (AvgIpc) is 2.80. The van der Waals surface area contributed by atoms with Crippen molar-refractivity contribution in [3.05, 3.63) is 52.5 Å². The summed E-state index contributed by atoms with van der Waals surface area (Å²) in [6.07, 6.45) is 1.01. The molecule has 186 valence electrons. The van der Waals surface area contributed by atoms with Crippen LogP contribution in [0.25, 0.3) is 0 Å². The minimum atomic E-state index is -3.88. The monoisotopic (exact) mass is 555 g/mol. The third kappa shape index (κ3) is 7.10. The van der Waals surface area contributed by atoms with E-state index < -0.39 is 28.5 Å². The van der Waals surface area contributed by atoms with Crippen molar-refractivity contribution < 1.29 is 27.5 Å². The van der Waals surface area contributed by atoms with Crippen LogP contribution in [0.2, 0.25) is 0 Å². The van der Waals surface area contributed by atoms with Gasteiger partial charge in [0, 0.05) is 23.6 Å². The molecule has 0 saturated heterocycles. The van der Waals surface area contributed by atoms with Gasteiger partial charge >= 0.3 is 0 Å². The fraction of sp³-hybridized carbons (Fsp3) is 0.391. The molecule has 11 heteroatoms. The lowest BCUT2D eigenvalue weighted by Gasteiger charge is -2.31. The highest BCUT2D eigenvalue weighted by molar-refractivity contribution is 9.10. The molecule has 0 aliphatic carbocycles. The van der Waals surface area contributed by atoms with Gasteiger partial charge in [-0.2, -0.15) is 0 Å². The molecule has 0 aliphatic heterocycles. The first-order chi connectivity index (χ1) is 16.0. The quantitative estimate of drug-likeness (QED) is 0.457. The smallest absolute Gasteiger partial charge is 0.244 e. The summed E-state index contributed by atoms with van der Waals surface area (Å²) in [5.41, 5.74) is 0.981. The molecule has 0 aromatic heterocycles. The number of carbonyl (C=O) groups is 2. The van der Waals surface area contributed by atoms with Crippen molar-refractivity contribution in [3.8, 4) is 11.5 Å². The maximum atomic E-state index is 13.5. The molecule has 0 heterocycles. The largest absolute Gasteiger partial charge is 0.497 e. The Morgan fingerprint density at radius 1 is 1.09 bits per heavy atom. The van der Waals surface area contributed by atoms with Gasteiger partial charge in [0.05, 0.1) is 26.2 Å². The Labute approximate surface area is 209 Å². The van der Waals surface area contributed by atoms with E-state index in [1.165, 1.54) is 31.3 Å². The van der Waals surface area contributed by atoms with Crippen LogP contribution in [0.15, 0.2) is 46.9 Å². The molecule has 2 aromatic carbocycles. The number of benzene rings is 2. The normalized spacial score (nSPS) is 11.9. The lowest BCUT2D eigenvalue weighted by atomic mass is 10.1. The van der Waals surface area contributed by atoms with Gasteiger partial charge in [0.2, 0.25) is 21.8 Å². The van der Waals surface area contributed by atoms with E-state index >= 15 is 0 Å². The molecule has 0 unspecified atom stereocenters. The molecule has 0 fully saturated rings. The number of anilines is 1. The first-order valence-corrected chi connectivity index (χ1v) is 13.2. The van der Waals surface area contributed by atoms with Crippen molar-refractivity contribution in [2.75, 3.05) is 37.9 Å². The predicted molar refractivity (Wildman–Crippen MR) is 135 cm³/mol. The zero-order valence-corrected chi connectivity index (χ0v) is 22.3. The van der Waals surface area contributed by atoms with Crippen LogP contribution in [0, 0.1) is 0 Å². The van der Waals surface area contributed by atoms with Gasteiger partial charge in [-0.3, -0.25) is 13.9 Å². The van der Waals surface area contributed by atoms with E-state index in [-0.39, 0.29) is 23.9 Å². The number of carbonyl (C=O) groups excluding carboxylic acids is 2. The highest BCUT2D eigenvalue weighted by atomic mass is 79.9. The summed E-state index contributed by atoms with van der Waals surface area (Å²) >= 11 is 3.38. The van der Waals surface area contributed by atoms with E-state index in [1.54, 1.807) is 19.9 Å². The van der Waals surface area contributed by atoms with Gasteiger partial charge in [0.15, 0.2) is 0 Å². The summed E-state index contributed by atoms with van der Waals surface area (Å²) in [5, 5.41) is 2.72. The van der Waals surface area contributed by atoms with E-state index in [0.717, 1.165) is 20.6 Å². The molecule has 0 aliphatic rings. The number of methoxy groups -OCH3 is 2. The Bertz CT molecular complexity index is 1110. The summed E-state index contributed by atoms with van der Waals surface area (Å²) in [6.45, 7) is 3.42. The number of sulfonamides is 1. The minimum absolute atomic E-state index is 0.127. The number of hydrogen-bond donors (Lipinski definition) is 1. The molecule has 2 rings (SSSR count). The Hall–Kier alpha value is -2.79. The third-order valence-electron chi connectivity index (χ3n) is 5.12. The van der Waals surface area contributed by atoms with Crippen molar-refractivity contribution >= 4 is 43.5 Å². The summed E-state index contributed by atoms with van der Waals surface area (Å²) in [5.74, 6) is -0.165. The summed E-state index contributed by atoms with van der Waals surface area (Å²) < 4.78 is 37.8. The van der Waals surface area contributed by atoms with Crippen molar-refractivity contribution in [2.45, 2.75) is 26.4 Å². The van der Waals surface area contributed by atoms with E-state index in [2.05, 4.69) is 21.2 Å². The van der Waals surface area contributed by atoms with E-state index in [1.807, 2.05) is 24.3 Å². The van der Waals surface area contributed by atoms with Gasteiger partial charge in [0.25, 0.3) is 0 Å². The molecule has 1 atom stereocenters. The number of nitrogens with one attached hydrogen (secondary N) is 1. The summed E-state index contributed by atoms with van der Waals surface area (Å²) in [7, 11) is -0.994. The second-order valence-electron chi connectivity index (χ2n) is 7.53. The number of rotatable bonds is 11. The molecular weight excluding hydrogens is 526 g/mol. The molecule has 0 bridgehead atoms. The van der Waals surface area contributed by atoms with E-state index in [4.69, 9.17) is 9.47 Å². The standard InChI is InChI=1S/C23H30BrN3O6S/c1-6-25-23(29)16(2)26(14-17-7-9-18(24)10-8-17)22(28)15-27(34(5,30)31)20-12-11-19(32-3)13-21(20)33-4/h7-13,16H,6,14-15H2,1-5H3,(H,25,29)/t16-/m1/s1. The van der Waals surface area contributed by atoms with Crippen LogP contribution in [0.1, 0.15) is 19.4 Å². The highest BCUT2D eigenvalue weighted by Gasteiger charge is 2.31. The first-order valence-electron chi connectivity index (χ1n) is 10.5. The van der Waals surface area contributed by atoms with Gasteiger partial charge in [-0.05, 0) is 43.7 Å². The molecule has 2 amide bonds. The molecule has 34 heavy (non-hydrogen) atoms. The zero-order valence-electron chi connectivity index (χ0n) is 19.9. The van der Waals surface area contributed by atoms with Gasteiger partial charge in [0.1, 0.15) is 24.1 Å². The van der Waals surface area contributed by atoms with Crippen LogP contribution in [0.5, 0.6) is 11.5 Å². The summed E-state index contributed by atoms with van der Waals surface area (Å²) in [6, 6.07) is 11.1. The molecule has 2 aromatic rings. The number of likely N-dealkylation sites (N-methyl/N-ethyl adjacent to an activating group) is 1. The number of amides is 2. The summed E-state index contributed by atoms with van der Waals surface area (Å²) in [4.78, 5) is 27.4. The van der Waals surface area contributed by atoms with Crippen LogP contribution in [-0.2, 0) is 26.2 Å². The molecule has 0 spiro atoms. The Balaban J connectivity index is 2.44. The Morgan fingerprint density at radius 3 is 2.26 bits per heavy atom. The highest BCUT2D eigenvalue weighted by Crippen LogP contribution is 2.33. The van der Waals surface area contributed by atoms with Gasteiger partial charge < -0.3 is 19.7 Å². The maximum Gasteiger partial charge on any atom is 0.244 e. The Kier molecular flexibility index (Phi) is 9.75. The van der Waals surface area contributed by atoms with Gasteiger partial charge in [-0.15, -0.1) is 0 Å². The fourth-order valence-corrected chi connectivity index (χ4v) is 4.39. The topological polar surface area (TPSA) is 105 Å². The third-order valence-corrected chi connectivity index (χ3v) is 6.77. The predicted octanol–water partition coefficient (Wildman–Crippen LogP) is 2.79. The lowest BCUT2D eigenvalue weighted by Crippen LogP contribution is -2.51. The van der Waals surface area contributed by atoms with Gasteiger partial charge in [-0.1, -0.05) is 28.1 Å². The average molecular weight is 556 g/mol. The van der Waals surface area contributed by atoms with Crippen molar-refractivity contribution in [1.82, 2.24) is 10.2 Å². The molecule has 9 nitrogen and oxygen atoms in total. The lowest BCUT2D eigenvalue weighted by molar-refractivity contribution is -0.139. The van der Waals surface area contributed by atoms with Crippen LogP contribution >= 0.6 is 15.9 Å². The van der Waals surface area contributed by atoms with Crippen LogP contribution in [0.4, 0.5) is 5.69 Å². The van der Waals surface area contributed by atoms with Gasteiger partial charge in [-0.25, -0.2) is 8.42 Å². The zero-order chi connectivity index (χ0) is 25.5. The van der Waals surface area contributed by atoms with Crippen molar-refractivity contribution in [1.29, 1.82) is 0 Å². The second-order valence-corrected chi connectivity index (χ2v) is 10.3. The molecule has 1 N–H and O–H groups in total. The first kappa shape index (κ1) is 27.5. The molecule has 0 saturated carbocycles. The number of hydrogen-bond acceptors (Lipinski definition) is 6. The fourth-order valence-electron chi connectivity index (χ4n) is 3.28. The van der Waals surface area contributed by atoms with Crippen LogP contribution in [-0.4, -0.2) is 64.7 Å². The second kappa shape index (κ2) is 12.1. The Morgan fingerprint density at radius 2 is 1.74 bits per heavy atom. The molecule has 0 radical (unpaired) electrons. The molecular formula is C23H30BrN3O6S. The van der Waals surface area contributed by atoms with Crippen LogP contribution < -0.4 is 19.1 Å². The van der Waals surface area contributed by atoms with Crippen molar-refractivity contribution in [2.24, 2.45) is 0 Å². The number of halogens is 1. The minimum Gasteiger partial charge on any atom is -0.497 e. The SMILES string of the molecule is CCNC(=O)[C@@H](C)N(Cc1ccc(Br)cc1)C(=O)CN(c1ccc(OC)cc1OC)S(C)(=O)=O. The van der Waals surface area contributed by atoms with Crippen LogP contribution in [0.3, 0.4) is 0 Å². The van der Waals surface area contributed by atoms with E-state index in [0.29, 0.717) is 12.3 Å². The van der Waals surface area contributed by atoms with E-state index in [9.17, 15) is 18.0 Å². The maximum absolute atomic E-state index is 13.5. The number of ether oxygens (including phenoxy) is 2.